The average molecular weight is 321 g/mol. The first-order chi connectivity index (χ1) is 11.8. The molecular formula is C19H23N5. The lowest BCUT2D eigenvalue weighted by Crippen LogP contribution is -2.22. The van der Waals surface area contributed by atoms with Gasteiger partial charge in [0.1, 0.15) is 0 Å². The molecule has 3 aromatic rings. The Balaban J connectivity index is 1.36. The highest BCUT2D eigenvalue weighted by Gasteiger charge is 2.22. The molecule has 0 spiro atoms. The van der Waals surface area contributed by atoms with Crippen LogP contribution >= 0.6 is 0 Å². The van der Waals surface area contributed by atoms with Gasteiger partial charge in [-0.2, -0.15) is 5.10 Å². The van der Waals surface area contributed by atoms with E-state index in [-0.39, 0.29) is 0 Å². The number of nitrogens with one attached hydrogen (secondary N) is 2. The summed E-state index contributed by atoms with van der Waals surface area (Å²) >= 11 is 0. The fraction of sp³-hybridized carbons (Fsp3) is 0.368. The van der Waals surface area contributed by atoms with Crippen molar-refractivity contribution in [2.45, 2.75) is 19.9 Å². The van der Waals surface area contributed by atoms with Gasteiger partial charge in [0, 0.05) is 37.2 Å². The van der Waals surface area contributed by atoms with Gasteiger partial charge >= 0.3 is 0 Å². The van der Waals surface area contributed by atoms with Crippen LogP contribution in [0.15, 0.2) is 42.6 Å². The molecule has 1 fully saturated rings. The predicted molar refractivity (Wildman–Crippen MR) is 96.9 cm³/mol. The molecule has 0 amide bonds. The number of likely N-dealkylation sites (tertiary alicyclic amines) is 1. The third-order valence-electron chi connectivity index (χ3n) is 4.84. The molecule has 1 unspecified atom stereocenters. The number of aromatic nitrogens is 3. The average Bonchev–Trinajstić information content (AvgIpc) is 3.21. The molecule has 1 aromatic carbocycles. The predicted octanol–water partition coefficient (Wildman–Crippen LogP) is 3.20. The number of benzene rings is 1. The number of H-pyrrole nitrogens is 1. The third-order valence-corrected chi connectivity index (χ3v) is 4.84. The molecule has 4 rings (SSSR count). The SMILES string of the molecule is Cc1[nH]nc2nccc(NCC3CCN(Cc4ccccc4)C3)c12. The smallest absolute Gasteiger partial charge is 0.183 e. The normalized spacial score (nSPS) is 18.3. The van der Waals surface area contributed by atoms with E-state index >= 15 is 0 Å². The molecule has 5 heteroatoms. The van der Waals surface area contributed by atoms with Crippen molar-refractivity contribution in [2.75, 3.05) is 25.0 Å². The number of hydrogen-bond donors (Lipinski definition) is 2. The zero-order valence-electron chi connectivity index (χ0n) is 14.0. The Hall–Kier alpha value is -2.40. The lowest BCUT2D eigenvalue weighted by Gasteiger charge is -2.17. The first-order valence-corrected chi connectivity index (χ1v) is 8.59. The van der Waals surface area contributed by atoms with Gasteiger partial charge in [0.2, 0.25) is 0 Å². The van der Waals surface area contributed by atoms with Crippen LogP contribution in [0.1, 0.15) is 17.7 Å². The van der Waals surface area contributed by atoms with Crippen molar-refractivity contribution in [3.05, 3.63) is 53.9 Å². The van der Waals surface area contributed by atoms with Gasteiger partial charge in [0.25, 0.3) is 0 Å². The molecule has 1 aliphatic rings. The maximum Gasteiger partial charge on any atom is 0.183 e. The number of fused-ring (bicyclic) bond motifs is 1. The van der Waals surface area contributed by atoms with Crippen LogP contribution in [0.4, 0.5) is 5.69 Å². The van der Waals surface area contributed by atoms with Crippen molar-refractivity contribution in [3.8, 4) is 0 Å². The fourth-order valence-electron chi connectivity index (χ4n) is 3.56. The topological polar surface area (TPSA) is 56.8 Å². The van der Waals surface area contributed by atoms with E-state index in [0.717, 1.165) is 42.0 Å². The van der Waals surface area contributed by atoms with E-state index in [0.29, 0.717) is 5.92 Å². The summed E-state index contributed by atoms with van der Waals surface area (Å²) in [4.78, 5) is 6.86. The van der Waals surface area contributed by atoms with E-state index < -0.39 is 0 Å². The van der Waals surface area contributed by atoms with Crippen LogP contribution < -0.4 is 5.32 Å². The molecule has 2 N–H and O–H groups in total. The summed E-state index contributed by atoms with van der Waals surface area (Å²) in [6.07, 6.45) is 3.07. The van der Waals surface area contributed by atoms with Gasteiger partial charge in [-0.05, 0) is 37.4 Å². The number of hydrogen-bond acceptors (Lipinski definition) is 4. The number of aryl methyl sites for hydroxylation is 1. The van der Waals surface area contributed by atoms with Crippen LogP contribution in [0.5, 0.6) is 0 Å². The van der Waals surface area contributed by atoms with Gasteiger partial charge in [-0.3, -0.25) is 10.00 Å². The summed E-state index contributed by atoms with van der Waals surface area (Å²) in [5.74, 6) is 0.684. The molecule has 124 valence electrons. The Morgan fingerprint density at radius 1 is 1.25 bits per heavy atom. The second kappa shape index (κ2) is 6.61. The van der Waals surface area contributed by atoms with Crippen molar-refractivity contribution in [2.24, 2.45) is 5.92 Å². The lowest BCUT2D eigenvalue weighted by atomic mass is 10.1. The van der Waals surface area contributed by atoms with Crippen LogP contribution in [0.2, 0.25) is 0 Å². The Morgan fingerprint density at radius 2 is 2.12 bits per heavy atom. The minimum absolute atomic E-state index is 0.684. The molecule has 0 aliphatic carbocycles. The zero-order chi connectivity index (χ0) is 16.4. The summed E-state index contributed by atoms with van der Waals surface area (Å²) in [5, 5.41) is 12.0. The highest BCUT2D eigenvalue weighted by atomic mass is 15.2. The highest BCUT2D eigenvalue weighted by Crippen LogP contribution is 2.25. The minimum Gasteiger partial charge on any atom is -0.384 e. The monoisotopic (exact) mass is 321 g/mol. The Morgan fingerprint density at radius 3 is 3.00 bits per heavy atom. The largest absolute Gasteiger partial charge is 0.384 e. The number of nitrogens with zero attached hydrogens (tertiary/aromatic N) is 3. The Bertz CT molecular complexity index is 811. The molecule has 1 atom stereocenters. The summed E-state index contributed by atoms with van der Waals surface area (Å²) in [6.45, 7) is 6.42. The number of anilines is 1. The van der Waals surface area contributed by atoms with E-state index in [4.69, 9.17) is 0 Å². The molecule has 1 aliphatic heterocycles. The number of rotatable bonds is 5. The molecular weight excluding hydrogens is 298 g/mol. The minimum atomic E-state index is 0.684. The van der Waals surface area contributed by atoms with E-state index in [1.165, 1.54) is 18.5 Å². The molecule has 24 heavy (non-hydrogen) atoms. The van der Waals surface area contributed by atoms with Crippen molar-refractivity contribution in [1.29, 1.82) is 0 Å². The fourth-order valence-corrected chi connectivity index (χ4v) is 3.56. The summed E-state index contributed by atoms with van der Waals surface area (Å²) in [6, 6.07) is 12.8. The summed E-state index contributed by atoms with van der Waals surface area (Å²) < 4.78 is 0. The first-order valence-electron chi connectivity index (χ1n) is 8.59. The van der Waals surface area contributed by atoms with E-state index in [9.17, 15) is 0 Å². The molecule has 3 heterocycles. The van der Waals surface area contributed by atoms with Crippen LogP contribution in [0, 0.1) is 12.8 Å². The van der Waals surface area contributed by atoms with Gasteiger partial charge in [0.15, 0.2) is 5.65 Å². The van der Waals surface area contributed by atoms with Crippen LogP contribution in [0.3, 0.4) is 0 Å². The van der Waals surface area contributed by atoms with Gasteiger partial charge in [-0.1, -0.05) is 30.3 Å². The molecule has 0 radical (unpaired) electrons. The Labute approximate surface area is 142 Å². The third kappa shape index (κ3) is 3.12. The van der Waals surface area contributed by atoms with Crippen molar-refractivity contribution in [1.82, 2.24) is 20.1 Å². The van der Waals surface area contributed by atoms with Gasteiger partial charge in [0.05, 0.1) is 5.39 Å². The van der Waals surface area contributed by atoms with E-state index in [1.807, 2.05) is 19.2 Å². The van der Waals surface area contributed by atoms with Crippen molar-refractivity contribution in [3.63, 3.8) is 0 Å². The van der Waals surface area contributed by atoms with Crippen molar-refractivity contribution < 1.29 is 0 Å². The standard InChI is InChI=1S/C19H23N5/c1-14-18-17(7-9-20-19(18)23-22-14)21-11-16-8-10-24(13-16)12-15-5-3-2-4-6-15/h2-7,9,16H,8,10-13H2,1H3,(H2,20,21,22,23). The van der Waals surface area contributed by atoms with Crippen molar-refractivity contribution >= 4 is 16.7 Å². The molecule has 5 nitrogen and oxygen atoms in total. The van der Waals surface area contributed by atoms with Gasteiger partial charge in [-0.25, -0.2) is 4.98 Å². The van der Waals surface area contributed by atoms with Gasteiger partial charge < -0.3 is 5.32 Å². The zero-order valence-corrected chi connectivity index (χ0v) is 14.0. The maximum atomic E-state index is 4.31. The summed E-state index contributed by atoms with van der Waals surface area (Å²) in [7, 11) is 0. The highest BCUT2D eigenvalue weighted by molar-refractivity contribution is 5.90. The quantitative estimate of drug-likeness (QED) is 0.758. The van der Waals surface area contributed by atoms with E-state index in [1.54, 1.807) is 0 Å². The van der Waals surface area contributed by atoms with Gasteiger partial charge in [-0.15, -0.1) is 0 Å². The second-order valence-corrected chi connectivity index (χ2v) is 6.66. The molecule has 1 saturated heterocycles. The Kier molecular flexibility index (Phi) is 4.17. The molecule has 2 aromatic heterocycles. The van der Waals surface area contributed by atoms with E-state index in [2.05, 4.69) is 55.7 Å². The first kappa shape index (κ1) is 15.1. The maximum absolute atomic E-state index is 4.31. The molecule has 0 bridgehead atoms. The number of pyridine rings is 1. The second-order valence-electron chi connectivity index (χ2n) is 6.66. The van der Waals surface area contributed by atoms with Crippen LogP contribution in [-0.2, 0) is 6.54 Å². The lowest BCUT2D eigenvalue weighted by molar-refractivity contribution is 0.319. The summed E-state index contributed by atoms with van der Waals surface area (Å²) in [5.41, 5.74) is 4.39. The molecule has 0 saturated carbocycles. The van der Waals surface area contributed by atoms with Crippen LogP contribution in [0.25, 0.3) is 11.0 Å². The number of aromatic amines is 1. The van der Waals surface area contributed by atoms with Crippen LogP contribution in [-0.4, -0.2) is 39.7 Å².